The van der Waals surface area contributed by atoms with E-state index in [9.17, 15) is 4.79 Å². The van der Waals surface area contributed by atoms with Crippen molar-refractivity contribution in [3.63, 3.8) is 0 Å². The molecule has 4 heteroatoms. The number of hydrogen-bond acceptors (Lipinski definition) is 2. The van der Waals surface area contributed by atoms with Crippen molar-refractivity contribution in [3.8, 4) is 0 Å². The Balaban J connectivity index is 3.04. The Labute approximate surface area is 78.7 Å². The Bertz CT molecular complexity index is 288. The molecule has 0 spiro atoms. The van der Waals surface area contributed by atoms with Crippen LogP contribution in [0.25, 0.3) is 0 Å². The van der Waals surface area contributed by atoms with Gasteiger partial charge in [0.25, 0.3) is 5.91 Å². The zero-order valence-corrected chi connectivity index (χ0v) is 7.84. The highest BCUT2D eigenvalue weighted by atomic mass is 79.9. The van der Waals surface area contributed by atoms with Gasteiger partial charge in [0.1, 0.15) is 0 Å². The van der Waals surface area contributed by atoms with E-state index >= 15 is 0 Å². The summed E-state index contributed by atoms with van der Waals surface area (Å²) in [5.41, 5.74) is 1.10. The quantitative estimate of drug-likeness (QED) is 0.750. The van der Waals surface area contributed by atoms with Crippen molar-refractivity contribution in [1.82, 2.24) is 4.34 Å². The minimum Gasteiger partial charge on any atom is -0.392 e. The molecule has 0 atom stereocenters. The van der Waals surface area contributed by atoms with Crippen molar-refractivity contribution in [2.24, 2.45) is 0 Å². The van der Waals surface area contributed by atoms with E-state index in [1.807, 2.05) is 0 Å². The van der Waals surface area contributed by atoms with E-state index in [1.165, 1.54) is 0 Å². The van der Waals surface area contributed by atoms with Gasteiger partial charge in [-0.1, -0.05) is 18.2 Å². The van der Waals surface area contributed by atoms with Crippen LogP contribution in [0, 0.1) is 0 Å². The molecule has 0 aliphatic heterocycles. The topological polar surface area (TPSA) is 49.3 Å². The molecule has 0 radical (unpaired) electrons. The van der Waals surface area contributed by atoms with Crippen molar-refractivity contribution in [2.75, 3.05) is 0 Å². The molecular weight excluding hydrogens is 222 g/mol. The van der Waals surface area contributed by atoms with Crippen LogP contribution in [0.4, 0.5) is 0 Å². The lowest BCUT2D eigenvalue weighted by atomic mass is 10.1. The smallest absolute Gasteiger partial charge is 0.261 e. The molecule has 2 N–H and O–H groups in total. The van der Waals surface area contributed by atoms with Crippen LogP contribution < -0.4 is 4.34 Å². The second kappa shape index (κ2) is 4.23. The maximum absolute atomic E-state index is 11.1. The van der Waals surface area contributed by atoms with Gasteiger partial charge in [-0.2, -0.15) is 0 Å². The summed E-state index contributed by atoms with van der Waals surface area (Å²) >= 11 is 2.83. The van der Waals surface area contributed by atoms with Crippen molar-refractivity contribution >= 4 is 22.1 Å². The summed E-state index contributed by atoms with van der Waals surface area (Å²) in [6.45, 7) is -0.128. The summed E-state index contributed by atoms with van der Waals surface area (Å²) in [7, 11) is 0. The Morgan fingerprint density at radius 1 is 1.50 bits per heavy atom. The monoisotopic (exact) mass is 229 g/mol. The zero-order valence-electron chi connectivity index (χ0n) is 6.25. The van der Waals surface area contributed by atoms with Crippen LogP contribution in [-0.2, 0) is 6.61 Å². The predicted octanol–water partition coefficient (Wildman–Crippen LogP) is 1.22. The zero-order chi connectivity index (χ0) is 8.97. The van der Waals surface area contributed by atoms with Crippen molar-refractivity contribution in [2.45, 2.75) is 6.61 Å². The number of amides is 1. The molecule has 0 saturated heterocycles. The van der Waals surface area contributed by atoms with Crippen LogP contribution in [0.1, 0.15) is 15.9 Å². The number of benzene rings is 1. The highest BCUT2D eigenvalue weighted by molar-refractivity contribution is 9.08. The van der Waals surface area contributed by atoms with Crippen molar-refractivity contribution in [1.29, 1.82) is 0 Å². The molecule has 64 valence electrons. The highest BCUT2D eigenvalue weighted by Gasteiger charge is 2.07. The summed E-state index contributed by atoms with van der Waals surface area (Å²) in [6, 6.07) is 6.88. The molecule has 1 amide bonds. The number of carbonyl (C=O) groups is 1. The average molecular weight is 230 g/mol. The third-order valence-corrected chi connectivity index (χ3v) is 1.88. The molecule has 0 fully saturated rings. The SMILES string of the molecule is O=C(NBr)c1ccccc1CO. The first-order valence-electron chi connectivity index (χ1n) is 3.39. The van der Waals surface area contributed by atoms with Crippen LogP contribution in [0.15, 0.2) is 24.3 Å². The fraction of sp³-hybridized carbons (Fsp3) is 0.125. The second-order valence-corrected chi connectivity index (χ2v) is 2.64. The minimum atomic E-state index is -0.250. The molecule has 1 aromatic rings. The number of halogens is 1. The average Bonchev–Trinajstić information content (AvgIpc) is 2.16. The number of carbonyl (C=O) groups excluding carboxylic acids is 1. The van der Waals surface area contributed by atoms with E-state index in [-0.39, 0.29) is 12.5 Å². The van der Waals surface area contributed by atoms with Gasteiger partial charge in [0, 0.05) is 21.7 Å². The van der Waals surface area contributed by atoms with Gasteiger partial charge in [0.05, 0.1) is 6.61 Å². The normalized spacial score (nSPS) is 9.50. The van der Waals surface area contributed by atoms with Crippen molar-refractivity contribution in [3.05, 3.63) is 35.4 Å². The minimum absolute atomic E-state index is 0.128. The summed E-state index contributed by atoms with van der Waals surface area (Å²) < 4.78 is 2.32. The molecule has 0 bridgehead atoms. The summed E-state index contributed by atoms with van der Waals surface area (Å²) in [6.07, 6.45) is 0. The van der Waals surface area contributed by atoms with E-state index in [0.717, 1.165) is 0 Å². The Kier molecular flexibility index (Phi) is 3.25. The number of nitrogens with one attached hydrogen (secondary N) is 1. The fourth-order valence-electron chi connectivity index (χ4n) is 0.931. The second-order valence-electron chi connectivity index (χ2n) is 2.24. The largest absolute Gasteiger partial charge is 0.392 e. The van der Waals surface area contributed by atoms with Crippen LogP contribution >= 0.6 is 16.1 Å². The van der Waals surface area contributed by atoms with Gasteiger partial charge in [0.2, 0.25) is 0 Å². The van der Waals surface area contributed by atoms with Gasteiger partial charge in [-0.25, -0.2) is 0 Å². The van der Waals surface area contributed by atoms with Gasteiger partial charge < -0.3 is 5.11 Å². The van der Waals surface area contributed by atoms with Crippen LogP contribution in [0.3, 0.4) is 0 Å². The molecule has 1 aromatic carbocycles. The maximum atomic E-state index is 11.1. The van der Waals surface area contributed by atoms with Crippen LogP contribution in [-0.4, -0.2) is 11.0 Å². The lowest BCUT2D eigenvalue weighted by Gasteiger charge is -2.03. The molecule has 0 aromatic heterocycles. The van der Waals surface area contributed by atoms with Gasteiger partial charge in [-0.05, 0) is 11.6 Å². The van der Waals surface area contributed by atoms with E-state index in [1.54, 1.807) is 24.3 Å². The standard InChI is InChI=1S/C8H8BrNO2/c9-10-8(12)7-4-2-1-3-6(7)5-11/h1-4,11H,5H2,(H,10,12). The molecule has 0 aliphatic rings. The highest BCUT2D eigenvalue weighted by Crippen LogP contribution is 2.08. The van der Waals surface area contributed by atoms with E-state index in [0.29, 0.717) is 11.1 Å². The number of aliphatic hydroxyl groups excluding tert-OH is 1. The lowest BCUT2D eigenvalue weighted by Crippen LogP contribution is -2.14. The first-order chi connectivity index (χ1) is 5.79. The van der Waals surface area contributed by atoms with Crippen LogP contribution in [0.2, 0.25) is 0 Å². The van der Waals surface area contributed by atoms with Gasteiger partial charge in [-0.15, -0.1) is 0 Å². The molecule has 0 aliphatic carbocycles. The van der Waals surface area contributed by atoms with Crippen LogP contribution in [0.5, 0.6) is 0 Å². The third-order valence-electron chi connectivity index (χ3n) is 1.52. The predicted molar refractivity (Wildman–Crippen MR) is 48.8 cm³/mol. The molecule has 0 saturated carbocycles. The molecule has 12 heavy (non-hydrogen) atoms. The maximum Gasteiger partial charge on any atom is 0.261 e. The van der Waals surface area contributed by atoms with E-state index in [4.69, 9.17) is 5.11 Å². The van der Waals surface area contributed by atoms with Gasteiger partial charge in [-0.3, -0.25) is 9.14 Å². The molecule has 3 nitrogen and oxygen atoms in total. The summed E-state index contributed by atoms with van der Waals surface area (Å²) in [5.74, 6) is -0.250. The Morgan fingerprint density at radius 2 is 2.17 bits per heavy atom. The van der Waals surface area contributed by atoms with Gasteiger partial charge >= 0.3 is 0 Å². The number of aliphatic hydroxyl groups is 1. The first kappa shape index (κ1) is 9.22. The van der Waals surface area contributed by atoms with E-state index < -0.39 is 0 Å². The van der Waals surface area contributed by atoms with E-state index in [2.05, 4.69) is 20.5 Å². The summed E-state index contributed by atoms with van der Waals surface area (Å²) in [4.78, 5) is 11.1. The third kappa shape index (κ3) is 1.84. The molecule has 0 heterocycles. The first-order valence-corrected chi connectivity index (χ1v) is 4.18. The molecule has 1 rings (SSSR count). The fourth-order valence-corrected chi connectivity index (χ4v) is 1.14. The Hall–Kier alpha value is -0.870. The Morgan fingerprint density at radius 3 is 2.75 bits per heavy atom. The lowest BCUT2D eigenvalue weighted by molar-refractivity contribution is 0.0983. The van der Waals surface area contributed by atoms with Gasteiger partial charge in [0.15, 0.2) is 0 Å². The van der Waals surface area contributed by atoms with Crippen molar-refractivity contribution < 1.29 is 9.90 Å². The molecular formula is C8H8BrNO2. The summed E-state index contributed by atoms with van der Waals surface area (Å²) in [5, 5.41) is 8.87. The number of rotatable bonds is 2. The number of hydrogen-bond donors (Lipinski definition) is 2. The molecule has 0 unspecified atom stereocenters.